The Bertz CT molecular complexity index is 765. The molecule has 0 aromatic heterocycles. The van der Waals surface area contributed by atoms with E-state index in [4.69, 9.17) is 16.3 Å². The average Bonchev–Trinajstić information content (AvgIpc) is 2.61. The molecule has 0 saturated heterocycles. The first kappa shape index (κ1) is 18.6. The van der Waals surface area contributed by atoms with Crippen molar-refractivity contribution in [3.8, 4) is 11.5 Å². The lowest BCUT2D eigenvalue weighted by molar-refractivity contribution is -0.121. The maximum absolute atomic E-state index is 12.2. The summed E-state index contributed by atoms with van der Waals surface area (Å²) >= 11 is 5.95. The van der Waals surface area contributed by atoms with Crippen molar-refractivity contribution in [3.05, 3.63) is 53.1 Å². The third-order valence-corrected chi connectivity index (χ3v) is 3.72. The molecule has 2 rings (SSSR count). The van der Waals surface area contributed by atoms with Crippen LogP contribution in [0.25, 0.3) is 0 Å². The molecule has 6 nitrogen and oxygen atoms in total. The number of anilines is 1. The highest BCUT2D eigenvalue weighted by molar-refractivity contribution is 6.30. The highest BCUT2D eigenvalue weighted by Gasteiger charge is 2.15. The van der Waals surface area contributed by atoms with Crippen molar-refractivity contribution < 1.29 is 14.6 Å². The van der Waals surface area contributed by atoms with Crippen LogP contribution >= 0.6 is 11.6 Å². The van der Waals surface area contributed by atoms with Gasteiger partial charge < -0.3 is 15.2 Å². The lowest BCUT2D eigenvalue weighted by Gasteiger charge is -2.16. The molecule has 0 spiro atoms. The van der Waals surface area contributed by atoms with E-state index >= 15 is 0 Å². The monoisotopic (exact) mass is 361 g/mol. The van der Waals surface area contributed by atoms with Crippen LogP contribution in [0.1, 0.15) is 18.9 Å². The Kier molecular flexibility index (Phi) is 6.65. The van der Waals surface area contributed by atoms with E-state index in [-0.39, 0.29) is 11.7 Å². The predicted octanol–water partition coefficient (Wildman–Crippen LogP) is 3.40. The molecule has 0 aliphatic rings. The van der Waals surface area contributed by atoms with Crippen LogP contribution in [0.4, 0.5) is 5.69 Å². The number of aromatic hydroxyl groups is 1. The molecule has 0 unspecified atom stereocenters. The van der Waals surface area contributed by atoms with Crippen molar-refractivity contribution in [1.29, 1.82) is 0 Å². The summed E-state index contributed by atoms with van der Waals surface area (Å²) in [6.07, 6.45) is 2.06. The van der Waals surface area contributed by atoms with Crippen LogP contribution in [-0.2, 0) is 4.79 Å². The van der Waals surface area contributed by atoms with Gasteiger partial charge in [0.2, 0.25) is 0 Å². The molecule has 7 heteroatoms. The fourth-order valence-electron chi connectivity index (χ4n) is 2.16. The smallest absolute Gasteiger partial charge is 0.262 e. The first-order valence-electron chi connectivity index (χ1n) is 7.75. The molecule has 0 heterocycles. The number of benzene rings is 2. The molecule has 1 atom stereocenters. The molecule has 25 heavy (non-hydrogen) atoms. The largest absolute Gasteiger partial charge is 0.504 e. The Labute approximate surface area is 151 Å². The molecule has 0 saturated carbocycles. The number of hydrogen-bond donors (Lipinski definition) is 3. The zero-order valence-electron chi connectivity index (χ0n) is 14.0. The van der Waals surface area contributed by atoms with Gasteiger partial charge in [-0.3, -0.25) is 4.79 Å². The summed E-state index contributed by atoms with van der Waals surface area (Å²) in [5.74, 6) is 0.120. The fraction of sp³-hybridized carbons (Fsp3) is 0.222. The summed E-state index contributed by atoms with van der Waals surface area (Å²) < 4.78 is 5.02. The molecule has 0 fully saturated rings. The molecule has 3 N–H and O–H groups in total. The third-order valence-electron chi connectivity index (χ3n) is 3.48. The molecule has 0 radical (unpaired) electrons. The Morgan fingerprint density at radius 3 is 2.84 bits per heavy atom. The Balaban J connectivity index is 1.97. The quantitative estimate of drug-likeness (QED) is 0.521. The minimum atomic E-state index is -0.440. The molecule has 132 valence electrons. The van der Waals surface area contributed by atoms with E-state index in [1.165, 1.54) is 19.4 Å². The second-order valence-corrected chi connectivity index (χ2v) is 5.72. The van der Waals surface area contributed by atoms with E-state index < -0.39 is 6.04 Å². The van der Waals surface area contributed by atoms with Gasteiger partial charge in [0.05, 0.1) is 13.3 Å². The average molecular weight is 362 g/mol. The second-order valence-electron chi connectivity index (χ2n) is 5.28. The number of carbonyl (C=O) groups is 1. The van der Waals surface area contributed by atoms with Crippen molar-refractivity contribution in [2.45, 2.75) is 19.4 Å². The summed E-state index contributed by atoms with van der Waals surface area (Å²) in [5.41, 5.74) is 3.95. The van der Waals surface area contributed by atoms with Gasteiger partial charge in [0, 0.05) is 10.7 Å². The number of hydrogen-bond acceptors (Lipinski definition) is 5. The molecule has 0 aliphatic carbocycles. The topological polar surface area (TPSA) is 83.0 Å². The third kappa shape index (κ3) is 5.39. The van der Waals surface area contributed by atoms with Gasteiger partial charge in [0.1, 0.15) is 6.04 Å². The lowest BCUT2D eigenvalue weighted by Crippen LogP contribution is -2.36. The summed E-state index contributed by atoms with van der Waals surface area (Å²) in [6.45, 7) is 1.90. The summed E-state index contributed by atoms with van der Waals surface area (Å²) in [7, 11) is 1.46. The number of phenolic OH excluding ortho intramolecular Hbond substituents is 1. The molecule has 2 aromatic rings. The Morgan fingerprint density at radius 1 is 1.36 bits per heavy atom. The molecule has 2 aromatic carbocycles. The van der Waals surface area contributed by atoms with Crippen LogP contribution in [0, 0.1) is 0 Å². The molecular formula is C18H20ClN3O3. The van der Waals surface area contributed by atoms with E-state index in [0.717, 1.165) is 5.69 Å². The first-order chi connectivity index (χ1) is 12.0. The van der Waals surface area contributed by atoms with Gasteiger partial charge in [-0.2, -0.15) is 5.10 Å². The number of carbonyl (C=O) groups excluding carboxylic acids is 1. The molecule has 0 aliphatic heterocycles. The zero-order chi connectivity index (χ0) is 18.2. The number of hydrazone groups is 1. The summed E-state index contributed by atoms with van der Waals surface area (Å²) in [6, 6.07) is 11.5. The van der Waals surface area contributed by atoms with E-state index in [0.29, 0.717) is 22.8 Å². The van der Waals surface area contributed by atoms with Crippen LogP contribution in [0.5, 0.6) is 11.5 Å². The van der Waals surface area contributed by atoms with E-state index in [1.54, 1.807) is 24.3 Å². The van der Waals surface area contributed by atoms with Gasteiger partial charge in [-0.25, -0.2) is 5.43 Å². The number of nitrogens with zero attached hydrogens (tertiary/aromatic N) is 1. The summed E-state index contributed by atoms with van der Waals surface area (Å²) in [4.78, 5) is 12.2. The zero-order valence-corrected chi connectivity index (χ0v) is 14.7. The highest BCUT2D eigenvalue weighted by atomic mass is 35.5. The van der Waals surface area contributed by atoms with Crippen molar-refractivity contribution in [1.82, 2.24) is 5.43 Å². The van der Waals surface area contributed by atoms with E-state index in [2.05, 4.69) is 15.8 Å². The maximum atomic E-state index is 12.2. The standard InChI is InChI=1S/C18H20ClN3O3/c1-3-15(21-14-6-4-5-13(19)10-14)18(24)22-20-11-12-7-8-16(23)17(9-12)25-2/h4-11,15,21,23H,3H2,1-2H3,(H,22,24)/b20-11-/t15-/m1/s1. The van der Waals surface area contributed by atoms with Crippen LogP contribution in [0.3, 0.4) is 0 Å². The van der Waals surface area contributed by atoms with Crippen LogP contribution in [0.2, 0.25) is 5.02 Å². The number of amides is 1. The first-order valence-corrected chi connectivity index (χ1v) is 8.13. The van der Waals surface area contributed by atoms with Crippen molar-refractivity contribution in [2.24, 2.45) is 5.10 Å². The number of ether oxygens (including phenoxy) is 1. The molecule has 0 bridgehead atoms. The van der Waals surface area contributed by atoms with Gasteiger partial charge >= 0.3 is 0 Å². The van der Waals surface area contributed by atoms with Gasteiger partial charge in [0.15, 0.2) is 11.5 Å². The van der Waals surface area contributed by atoms with E-state index in [9.17, 15) is 9.90 Å². The Hall–Kier alpha value is -2.73. The number of rotatable bonds is 7. The van der Waals surface area contributed by atoms with Crippen molar-refractivity contribution in [2.75, 3.05) is 12.4 Å². The van der Waals surface area contributed by atoms with Crippen LogP contribution < -0.4 is 15.5 Å². The van der Waals surface area contributed by atoms with Crippen LogP contribution in [-0.4, -0.2) is 30.4 Å². The molecule has 1 amide bonds. The minimum Gasteiger partial charge on any atom is -0.504 e. The van der Waals surface area contributed by atoms with Crippen molar-refractivity contribution >= 4 is 29.4 Å². The van der Waals surface area contributed by atoms with Gasteiger partial charge in [-0.1, -0.05) is 24.6 Å². The minimum absolute atomic E-state index is 0.0421. The number of nitrogens with one attached hydrogen (secondary N) is 2. The van der Waals surface area contributed by atoms with Gasteiger partial charge in [-0.15, -0.1) is 0 Å². The summed E-state index contributed by atoms with van der Waals surface area (Å²) in [5, 5.41) is 17.2. The highest BCUT2D eigenvalue weighted by Crippen LogP contribution is 2.25. The lowest BCUT2D eigenvalue weighted by atomic mass is 10.2. The van der Waals surface area contributed by atoms with E-state index in [1.807, 2.05) is 19.1 Å². The maximum Gasteiger partial charge on any atom is 0.262 e. The normalized spacial score (nSPS) is 12.0. The number of phenols is 1. The SMILES string of the molecule is CC[C@@H](Nc1cccc(Cl)c1)C(=O)N/N=C\c1ccc(O)c(OC)c1. The predicted molar refractivity (Wildman–Crippen MR) is 99.5 cm³/mol. The Morgan fingerprint density at radius 2 is 2.16 bits per heavy atom. The van der Waals surface area contributed by atoms with Crippen molar-refractivity contribution in [3.63, 3.8) is 0 Å². The second kappa shape index (κ2) is 8.94. The number of methoxy groups -OCH3 is 1. The van der Waals surface area contributed by atoms with Gasteiger partial charge in [-0.05, 0) is 48.4 Å². The molecular weight excluding hydrogens is 342 g/mol. The van der Waals surface area contributed by atoms with Crippen LogP contribution in [0.15, 0.2) is 47.6 Å². The fourth-order valence-corrected chi connectivity index (χ4v) is 2.35. The number of halogens is 1. The van der Waals surface area contributed by atoms with Gasteiger partial charge in [0.25, 0.3) is 5.91 Å².